The van der Waals surface area contributed by atoms with E-state index in [9.17, 15) is 25.2 Å². The summed E-state index contributed by atoms with van der Waals surface area (Å²) in [6, 6.07) is 0. The summed E-state index contributed by atoms with van der Waals surface area (Å²) >= 11 is 0. The van der Waals surface area contributed by atoms with E-state index in [4.69, 9.17) is 10.2 Å². The van der Waals surface area contributed by atoms with Gasteiger partial charge in [0.15, 0.2) is 0 Å². The van der Waals surface area contributed by atoms with Gasteiger partial charge in [0, 0.05) is 6.08 Å². The molecule has 0 saturated heterocycles. The van der Waals surface area contributed by atoms with Crippen LogP contribution in [0.1, 0.15) is 0 Å². The van der Waals surface area contributed by atoms with Crippen LogP contribution in [0.4, 0.5) is 0 Å². The van der Waals surface area contributed by atoms with E-state index in [1.165, 1.54) is 0 Å². The molecule has 8 nitrogen and oxygen atoms in total. The van der Waals surface area contributed by atoms with Gasteiger partial charge in [-0.3, -0.25) is 0 Å². The van der Waals surface area contributed by atoms with Crippen LogP contribution in [-0.4, -0.2) is 80.3 Å². The Morgan fingerprint density at radius 2 is 1.56 bits per heavy atom. The Hall–Kier alpha value is -1.03. The Kier molecular flexibility index (Phi) is 7.67. The van der Waals surface area contributed by atoms with Crippen molar-refractivity contribution in [3.05, 3.63) is 12.7 Å². The molecule has 0 rings (SSSR count). The molecule has 1 unspecified atom stereocenters. The lowest BCUT2D eigenvalue weighted by molar-refractivity contribution is -0.158. The van der Waals surface area contributed by atoms with E-state index < -0.39 is 49.7 Å². The van der Waals surface area contributed by atoms with Crippen LogP contribution in [0.3, 0.4) is 0 Å². The van der Waals surface area contributed by atoms with Gasteiger partial charge in [-0.05, 0) is 0 Å². The van der Waals surface area contributed by atoms with Crippen LogP contribution >= 0.6 is 0 Å². The second-order valence-electron chi connectivity index (χ2n) is 3.62. The van der Waals surface area contributed by atoms with Crippen LogP contribution in [0.25, 0.3) is 0 Å². The molecule has 18 heavy (non-hydrogen) atoms. The summed E-state index contributed by atoms with van der Waals surface area (Å²) in [7, 11) is 0. The zero-order valence-electron chi connectivity index (χ0n) is 9.59. The molecule has 0 heterocycles. The van der Waals surface area contributed by atoms with Crippen LogP contribution < -0.4 is 0 Å². The van der Waals surface area contributed by atoms with Gasteiger partial charge in [0.25, 0.3) is 0 Å². The minimum absolute atomic E-state index is 0.620. The number of carbonyl (C=O) groups is 1. The molecule has 0 aliphatic carbocycles. The van der Waals surface area contributed by atoms with Crippen LogP contribution in [0.5, 0.6) is 0 Å². The van der Waals surface area contributed by atoms with E-state index in [0.717, 1.165) is 6.08 Å². The normalized spacial score (nSPS) is 19.4. The zero-order valence-corrected chi connectivity index (χ0v) is 9.59. The third-order valence-corrected chi connectivity index (χ3v) is 2.24. The standard InChI is InChI=1S/C10H18O8/c1-2-7(14)18-4-6(13)9(16)10(17)8(15)5(12)3-11/h2,5-6,8-13,15-17H,1,3-4H2/t5-,6?,8-,9+,10+/m1/s1. The molecule has 6 N–H and O–H groups in total. The summed E-state index contributed by atoms with van der Waals surface area (Å²) in [4.78, 5) is 10.7. The number of hydrogen-bond acceptors (Lipinski definition) is 8. The van der Waals surface area contributed by atoms with Gasteiger partial charge in [0.05, 0.1) is 6.61 Å². The number of esters is 1. The van der Waals surface area contributed by atoms with E-state index in [2.05, 4.69) is 11.3 Å². The predicted octanol–water partition coefficient (Wildman–Crippen LogP) is -3.49. The van der Waals surface area contributed by atoms with E-state index in [1.54, 1.807) is 0 Å². The fraction of sp³-hybridized carbons (Fsp3) is 0.700. The van der Waals surface area contributed by atoms with Crippen molar-refractivity contribution in [2.75, 3.05) is 13.2 Å². The lowest BCUT2D eigenvalue weighted by Gasteiger charge is -2.28. The van der Waals surface area contributed by atoms with Crippen molar-refractivity contribution < 1.29 is 40.2 Å². The van der Waals surface area contributed by atoms with Crippen molar-refractivity contribution >= 4 is 5.97 Å². The van der Waals surface area contributed by atoms with Gasteiger partial charge in [0.1, 0.15) is 37.1 Å². The molecule has 0 amide bonds. The van der Waals surface area contributed by atoms with E-state index in [1.807, 2.05) is 0 Å². The molecule has 0 fully saturated rings. The van der Waals surface area contributed by atoms with Gasteiger partial charge in [-0.25, -0.2) is 4.79 Å². The maximum Gasteiger partial charge on any atom is 0.330 e. The predicted molar refractivity (Wildman–Crippen MR) is 58.3 cm³/mol. The van der Waals surface area contributed by atoms with Gasteiger partial charge < -0.3 is 35.4 Å². The minimum Gasteiger partial charge on any atom is -0.460 e. The van der Waals surface area contributed by atoms with Crippen molar-refractivity contribution in [3.63, 3.8) is 0 Å². The van der Waals surface area contributed by atoms with E-state index in [-0.39, 0.29) is 0 Å². The number of rotatable bonds is 8. The van der Waals surface area contributed by atoms with Crippen LogP contribution in [0.15, 0.2) is 12.7 Å². The highest BCUT2D eigenvalue weighted by Gasteiger charge is 2.34. The quantitative estimate of drug-likeness (QED) is 0.196. The Morgan fingerprint density at radius 1 is 1.06 bits per heavy atom. The largest absolute Gasteiger partial charge is 0.460 e. The molecule has 0 aliphatic heterocycles. The fourth-order valence-electron chi connectivity index (χ4n) is 1.09. The van der Waals surface area contributed by atoms with Crippen LogP contribution in [-0.2, 0) is 9.53 Å². The molecule has 0 aliphatic rings. The topological polar surface area (TPSA) is 148 Å². The summed E-state index contributed by atoms with van der Waals surface area (Å²) in [6.45, 7) is 1.67. The molecule has 0 bridgehead atoms. The van der Waals surface area contributed by atoms with Crippen molar-refractivity contribution in [1.82, 2.24) is 0 Å². The zero-order chi connectivity index (χ0) is 14.3. The molecule has 8 heteroatoms. The number of ether oxygens (including phenoxy) is 1. The van der Waals surface area contributed by atoms with Gasteiger partial charge in [0.2, 0.25) is 0 Å². The van der Waals surface area contributed by atoms with E-state index >= 15 is 0 Å². The Morgan fingerprint density at radius 3 is 2.00 bits per heavy atom. The summed E-state index contributed by atoms with van der Waals surface area (Å²) in [5, 5.41) is 55.0. The van der Waals surface area contributed by atoms with Gasteiger partial charge in [-0.2, -0.15) is 0 Å². The second-order valence-corrected chi connectivity index (χ2v) is 3.62. The third-order valence-electron chi connectivity index (χ3n) is 2.24. The lowest BCUT2D eigenvalue weighted by Crippen LogP contribution is -2.51. The smallest absolute Gasteiger partial charge is 0.330 e. The van der Waals surface area contributed by atoms with Gasteiger partial charge in [-0.1, -0.05) is 6.58 Å². The molecule has 0 aromatic carbocycles. The maximum atomic E-state index is 10.7. The summed E-state index contributed by atoms with van der Waals surface area (Å²) in [5.74, 6) is -0.827. The Balaban J connectivity index is 4.30. The second kappa shape index (κ2) is 8.14. The van der Waals surface area contributed by atoms with Crippen molar-refractivity contribution in [2.45, 2.75) is 30.5 Å². The number of carbonyl (C=O) groups excluding carboxylic acids is 1. The average Bonchev–Trinajstić information content (AvgIpc) is 2.40. The fourth-order valence-corrected chi connectivity index (χ4v) is 1.09. The van der Waals surface area contributed by atoms with Crippen molar-refractivity contribution in [3.8, 4) is 0 Å². The molecular formula is C10H18O8. The number of aliphatic hydroxyl groups is 6. The maximum absolute atomic E-state index is 10.7. The molecule has 106 valence electrons. The monoisotopic (exact) mass is 266 g/mol. The highest BCUT2D eigenvalue weighted by atomic mass is 16.5. The molecule has 0 aromatic rings. The molecule has 0 spiro atoms. The molecular weight excluding hydrogens is 248 g/mol. The minimum atomic E-state index is -1.91. The first kappa shape index (κ1) is 17.0. The van der Waals surface area contributed by atoms with Crippen LogP contribution in [0, 0.1) is 0 Å². The first-order chi connectivity index (χ1) is 8.34. The summed E-state index contributed by atoms with van der Waals surface area (Å²) in [5.41, 5.74) is 0. The Labute approximate surface area is 103 Å². The van der Waals surface area contributed by atoms with Crippen LogP contribution in [0.2, 0.25) is 0 Å². The SMILES string of the molecule is C=CC(=O)OCC(O)[C@H](O)[C@@H](O)[C@H](O)[C@H](O)CO. The Bertz CT molecular complexity index is 269. The van der Waals surface area contributed by atoms with E-state index in [0.29, 0.717) is 0 Å². The summed E-state index contributed by atoms with van der Waals surface area (Å²) < 4.78 is 4.42. The molecule has 0 aromatic heterocycles. The third kappa shape index (κ3) is 5.08. The highest BCUT2D eigenvalue weighted by molar-refractivity contribution is 5.81. The molecule has 0 radical (unpaired) electrons. The summed E-state index contributed by atoms with van der Waals surface area (Å²) in [6.07, 6.45) is -8.11. The lowest BCUT2D eigenvalue weighted by atomic mass is 10.00. The van der Waals surface area contributed by atoms with Crippen molar-refractivity contribution in [2.24, 2.45) is 0 Å². The molecule has 0 saturated carbocycles. The first-order valence-corrected chi connectivity index (χ1v) is 5.15. The molecule has 5 atom stereocenters. The highest BCUT2D eigenvalue weighted by Crippen LogP contribution is 2.09. The first-order valence-electron chi connectivity index (χ1n) is 5.15. The average molecular weight is 266 g/mol. The number of hydrogen-bond donors (Lipinski definition) is 6. The number of aliphatic hydroxyl groups excluding tert-OH is 6. The van der Waals surface area contributed by atoms with Gasteiger partial charge >= 0.3 is 5.97 Å². The van der Waals surface area contributed by atoms with Crippen molar-refractivity contribution in [1.29, 1.82) is 0 Å². The van der Waals surface area contributed by atoms with Gasteiger partial charge in [-0.15, -0.1) is 0 Å².